The van der Waals surface area contributed by atoms with E-state index in [1.165, 1.54) is 44.7 Å². The highest BCUT2D eigenvalue weighted by Gasteiger charge is 2.22. The maximum absolute atomic E-state index is 12.9. The number of halogens is 1. The van der Waals surface area contributed by atoms with Gasteiger partial charge in [-0.25, -0.2) is 14.4 Å². The predicted octanol–water partition coefficient (Wildman–Crippen LogP) is 2.59. The first-order valence-electron chi connectivity index (χ1n) is 5.69. The molecule has 2 rings (SSSR count). The van der Waals surface area contributed by atoms with Crippen LogP contribution in [0.3, 0.4) is 0 Å². The van der Waals surface area contributed by atoms with Gasteiger partial charge in [0.05, 0.1) is 14.2 Å². The molecule has 1 heterocycles. The molecule has 0 aliphatic rings. The lowest BCUT2D eigenvalue weighted by atomic mass is 10.2. The topological polar surface area (TPSA) is 51.7 Å². The molecular weight excluding hydrogens is 283 g/mol. The molecule has 1 aromatic heterocycles. The van der Waals surface area contributed by atoms with Crippen molar-refractivity contribution < 1.29 is 18.8 Å². The summed E-state index contributed by atoms with van der Waals surface area (Å²) in [5.74, 6) is -0.453. The first kappa shape index (κ1) is 14.4. The molecule has 0 atom stereocenters. The molecule has 0 N–H and O–H groups in total. The molecule has 0 unspecified atom stereocenters. The van der Waals surface area contributed by atoms with E-state index < -0.39 is 0 Å². The van der Waals surface area contributed by atoms with Crippen molar-refractivity contribution in [3.8, 4) is 16.5 Å². The monoisotopic (exact) mass is 296 g/mol. The molecule has 0 aliphatic heterocycles. The molecule has 5 nitrogen and oxygen atoms in total. The number of methoxy groups -OCH3 is 1. The summed E-state index contributed by atoms with van der Waals surface area (Å²) in [5.41, 5.74) is 0.716. The van der Waals surface area contributed by atoms with Gasteiger partial charge >= 0.3 is 0 Å². The number of aromatic nitrogens is 1. The molecule has 0 spiro atoms. The van der Waals surface area contributed by atoms with Gasteiger partial charge in [0.25, 0.3) is 5.91 Å². The molecule has 0 saturated heterocycles. The molecule has 2 aromatic rings. The van der Waals surface area contributed by atoms with Crippen LogP contribution >= 0.6 is 11.3 Å². The number of amides is 1. The molecule has 7 heteroatoms. The number of carbonyl (C=O) groups is 1. The van der Waals surface area contributed by atoms with Crippen molar-refractivity contribution in [2.75, 3.05) is 21.3 Å². The number of hydrogen-bond donors (Lipinski definition) is 0. The van der Waals surface area contributed by atoms with Gasteiger partial charge in [-0.05, 0) is 24.3 Å². The maximum atomic E-state index is 12.9. The van der Waals surface area contributed by atoms with Gasteiger partial charge in [-0.15, -0.1) is 11.3 Å². The Morgan fingerprint density at radius 1 is 1.30 bits per heavy atom. The maximum Gasteiger partial charge on any atom is 0.292 e. The minimum atomic E-state index is -0.352. The van der Waals surface area contributed by atoms with E-state index in [4.69, 9.17) is 9.57 Å². The van der Waals surface area contributed by atoms with E-state index in [1.54, 1.807) is 12.1 Å². The van der Waals surface area contributed by atoms with Crippen LogP contribution in [0, 0.1) is 5.82 Å². The standard InChI is InChI=1S/C13H13FN2O3S/c1-16(19-3)13(17)10-11(18-2)15-12(20-10)8-4-6-9(14)7-5-8/h4-7H,1-3H3. The lowest BCUT2D eigenvalue weighted by molar-refractivity contribution is -0.0755. The summed E-state index contributed by atoms with van der Waals surface area (Å²) in [6, 6.07) is 5.88. The van der Waals surface area contributed by atoms with E-state index in [9.17, 15) is 9.18 Å². The largest absolute Gasteiger partial charge is 0.480 e. The van der Waals surface area contributed by atoms with Gasteiger partial charge in [-0.1, -0.05) is 0 Å². The fourth-order valence-electron chi connectivity index (χ4n) is 1.52. The normalized spacial score (nSPS) is 10.4. The number of benzene rings is 1. The average Bonchev–Trinajstić information content (AvgIpc) is 2.90. The molecule has 1 amide bonds. The second kappa shape index (κ2) is 5.98. The highest BCUT2D eigenvalue weighted by molar-refractivity contribution is 7.17. The molecule has 0 fully saturated rings. The Balaban J connectivity index is 2.40. The summed E-state index contributed by atoms with van der Waals surface area (Å²) < 4.78 is 18.0. The van der Waals surface area contributed by atoms with E-state index in [1.807, 2.05) is 0 Å². The van der Waals surface area contributed by atoms with Gasteiger partial charge < -0.3 is 4.74 Å². The number of rotatable bonds is 4. The quantitative estimate of drug-likeness (QED) is 0.814. The van der Waals surface area contributed by atoms with Crippen LogP contribution in [0.25, 0.3) is 10.6 Å². The number of ether oxygens (including phenoxy) is 1. The third-order valence-electron chi connectivity index (χ3n) is 2.63. The zero-order valence-electron chi connectivity index (χ0n) is 11.2. The Morgan fingerprint density at radius 2 is 1.95 bits per heavy atom. The van der Waals surface area contributed by atoms with Crippen molar-refractivity contribution >= 4 is 17.2 Å². The van der Waals surface area contributed by atoms with Crippen molar-refractivity contribution in [3.05, 3.63) is 35.0 Å². The SMILES string of the molecule is COc1nc(-c2ccc(F)cc2)sc1C(=O)N(C)OC. The molecule has 106 valence electrons. The summed E-state index contributed by atoms with van der Waals surface area (Å²) in [4.78, 5) is 21.5. The Bertz CT molecular complexity index is 613. The number of nitrogens with zero attached hydrogens (tertiary/aromatic N) is 2. The van der Waals surface area contributed by atoms with E-state index in [-0.39, 0.29) is 17.6 Å². The van der Waals surface area contributed by atoms with Crippen LogP contribution in [0.4, 0.5) is 4.39 Å². The minimum Gasteiger partial charge on any atom is -0.480 e. The smallest absolute Gasteiger partial charge is 0.292 e. The van der Waals surface area contributed by atoms with Crippen molar-refractivity contribution in [1.29, 1.82) is 0 Å². The van der Waals surface area contributed by atoms with Crippen LogP contribution in [0.15, 0.2) is 24.3 Å². The zero-order valence-corrected chi connectivity index (χ0v) is 12.0. The third kappa shape index (κ3) is 2.78. The molecular formula is C13H13FN2O3S. The van der Waals surface area contributed by atoms with Crippen LogP contribution < -0.4 is 4.74 Å². The van der Waals surface area contributed by atoms with Crippen molar-refractivity contribution in [1.82, 2.24) is 10.0 Å². The number of carbonyl (C=O) groups excluding carboxylic acids is 1. The Hall–Kier alpha value is -1.99. The minimum absolute atomic E-state index is 0.225. The summed E-state index contributed by atoms with van der Waals surface area (Å²) >= 11 is 1.17. The number of thiazole rings is 1. The molecule has 20 heavy (non-hydrogen) atoms. The van der Waals surface area contributed by atoms with E-state index in [0.717, 1.165) is 5.06 Å². The second-order valence-corrected chi connectivity index (χ2v) is 4.85. The first-order valence-corrected chi connectivity index (χ1v) is 6.51. The first-order chi connectivity index (χ1) is 9.56. The van der Waals surface area contributed by atoms with Crippen molar-refractivity contribution in [3.63, 3.8) is 0 Å². The van der Waals surface area contributed by atoms with Crippen LogP contribution in [-0.2, 0) is 4.84 Å². The van der Waals surface area contributed by atoms with Crippen LogP contribution in [0.2, 0.25) is 0 Å². The lowest BCUT2D eigenvalue weighted by Crippen LogP contribution is -2.24. The van der Waals surface area contributed by atoms with Gasteiger partial charge in [0.2, 0.25) is 5.88 Å². The molecule has 0 radical (unpaired) electrons. The van der Waals surface area contributed by atoms with Gasteiger partial charge in [-0.2, -0.15) is 0 Å². The molecule has 0 aliphatic carbocycles. The Kier molecular flexibility index (Phi) is 4.31. The fraction of sp³-hybridized carbons (Fsp3) is 0.231. The summed E-state index contributed by atoms with van der Waals surface area (Å²) in [6.45, 7) is 0. The van der Waals surface area contributed by atoms with E-state index >= 15 is 0 Å². The highest BCUT2D eigenvalue weighted by Crippen LogP contribution is 2.33. The molecule has 0 saturated carbocycles. The van der Waals surface area contributed by atoms with E-state index in [2.05, 4.69) is 4.98 Å². The van der Waals surface area contributed by atoms with Crippen LogP contribution in [0.5, 0.6) is 5.88 Å². The lowest BCUT2D eigenvalue weighted by Gasteiger charge is -2.12. The molecule has 1 aromatic carbocycles. The van der Waals surface area contributed by atoms with Crippen LogP contribution in [-0.4, -0.2) is 37.2 Å². The van der Waals surface area contributed by atoms with E-state index in [0.29, 0.717) is 15.4 Å². The molecule has 0 bridgehead atoms. The summed E-state index contributed by atoms with van der Waals surface area (Å²) in [7, 11) is 4.33. The van der Waals surface area contributed by atoms with Gasteiger partial charge in [0, 0.05) is 12.6 Å². The van der Waals surface area contributed by atoms with Gasteiger partial charge in [0.15, 0.2) is 4.88 Å². The number of hydroxylamine groups is 2. The fourth-order valence-corrected chi connectivity index (χ4v) is 2.53. The number of hydrogen-bond acceptors (Lipinski definition) is 5. The highest BCUT2D eigenvalue weighted by atomic mass is 32.1. The van der Waals surface area contributed by atoms with Gasteiger partial charge in [0.1, 0.15) is 10.8 Å². The van der Waals surface area contributed by atoms with Crippen molar-refractivity contribution in [2.24, 2.45) is 0 Å². The Morgan fingerprint density at radius 3 is 2.50 bits per heavy atom. The summed E-state index contributed by atoms with van der Waals surface area (Å²) in [5, 5.41) is 1.67. The summed E-state index contributed by atoms with van der Waals surface area (Å²) in [6.07, 6.45) is 0. The van der Waals surface area contributed by atoms with Gasteiger partial charge in [-0.3, -0.25) is 9.63 Å². The van der Waals surface area contributed by atoms with Crippen molar-refractivity contribution in [2.45, 2.75) is 0 Å². The van der Waals surface area contributed by atoms with Crippen LogP contribution in [0.1, 0.15) is 9.67 Å². The Labute approximate surface area is 119 Å². The zero-order chi connectivity index (χ0) is 14.7. The average molecular weight is 296 g/mol. The third-order valence-corrected chi connectivity index (χ3v) is 3.71. The predicted molar refractivity (Wildman–Crippen MR) is 73.2 cm³/mol. The second-order valence-electron chi connectivity index (χ2n) is 3.85.